The van der Waals surface area contributed by atoms with Gasteiger partial charge in [-0.05, 0) is 49.9 Å². The first-order valence-electron chi connectivity index (χ1n) is 7.34. The third kappa shape index (κ3) is 2.03. The second-order valence-corrected chi connectivity index (χ2v) is 6.84. The molecule has 1 N–H and O–H groups in total. The van der Waals surface area contributed by atoms with Crippen molar-refractivity contribution in [3.8, 4) is 0 Å². The molecule has 0 radical (unpaired) electrons. The lowest BCUT2D eigenvalue weighted by Crippen LogP contribution is -2.30. The molecule has 0 amide bonds. The maximum absolute atomic E-state index is 4.31. The molecule has 1 aromatic carbocycles. The molecule has 3 nitrogen and oxygen atoms in total. The molecule has 2 aromatic rings. The summed E-state index contributed by atoms with van der Waals surface area (Å²) in [5, 5.41) is 6.23. The zero-order chi connectivity index (χ0) is 13.5. The van der Waals surface area contributed by atoms with Crippen LogP contribution in [0.2, 0.25) is 0 Å². The Morgan fingerprint density at radius 1 is 1.30 bits per heavy atom. The summed E-state index contributed by atoms with van der Waals surface area (Å²) in [4.78, 5) is 5.68. The van der Waals surface area contributed by atoms with Crippen molar-refractivity contribution >= 4 is 22.7 Å². The van der Waals surface area contributed by atoms with Gasteiger partial charge in [0.1, 0.15) is 0 Å². The fourth-order valence-electron chi connectivity index (χ4n) is 3.51. The van der Waals surface area contributed by atoms with Gasteiger partial charge in [0.05, 0.1) is 0 Å². The SMILES string of the molecule is Cc1cncc2cccc(SN3CCC4NCCC43)c12. The molecule has 0 saturated carbocycles. The molecule has 2 aliphatic rings. The standard InChI is InChI=1S/C16H19N3S/c1-11-9-17-10-12-3-2-4-15(16(11)12)20-19-8-6-13-14(19)5-7-18-13/h2-4,9-10,13-14,18H,5-8H2,1H3. The van der Waals surface area contributed by atoms with Gasteiger partial charge in [-0.2, -0.15) is 0 Å². The molecule has 4 heteroatoms. The predicted molar refractivity (Wildman–Crippen MR) is 83.9 cm³/mol. The van der Waals surface area contributed by atoms with Crippen LogP contribution in [0, 0.1) is 6.92 Å². The number of aryl methyl sites for hydroxylation is 1. The van der Waals surface area contributed by atoms with E-state index >= 15 is 0 Å². The van der Waals surface area contributed by atoms with E-state index in [0.717, 1.165) is 0 Å². The van der Waals surface area contributed by atoms with Crippen molar-refractivity contribution < 1.29 is 0 Å². The molecule has 3 heterocycles. The first kappa shape index (κ1) is 12.6. The van der Waals surface area contributed by atoms with Gasteiger partial charge in [-0.1, -0.05) is 12.1 Å². The predicted octanol–water partition coefficient (Wildman–Crippen LogP) is 2.99. The van der Waals surface area contributed by atoms with Gasteiger partial charge < -0.3 is 5.32 Å². The van der Waals surface area contributed by atoms with E-state index in [1.807, 2.05) is 24.3 Å². The van der Waals surface area contributed by atoms with E-state index in [0.29, 0.717) is 12.1 Å². The molecule has 2 fully saturated rings. The van der Waals surface area contributed by atoms with E-state index in [9.17, 15) is 0 Å². The lowest BCUT2D eigenvalue weighted by Gasteiger charge is -2.22. The lowest BCUT2D eigenvalue weighted by molar-refractivity contribution is 0.434. The summed E-state index contributed by atoms with van der Waals surface area (Å²) in [6.45, 7) is 4.52. The quantitative estimate of drug-likeness (QED) is 0.859. The summed E-state index contributed by atoms with van der Waals surface area (Å²) in [6, 6.07) is 7.96. The Balaban J connectivity index is 1.69. The van der Waals surface area contributed by atoms with Crippen LogP contribution in [0.25, 0.3) is 10.8 Å². The van der Waals surface area contributed by atoms with E-state index < -0.39 is 0 Å². The Kier molecular flexibility index (Phi) is 3.17. The number of rotatable bonds is 2. The van der Waals surface area contributed by atoms with Crippen molar-refractivity contribution in [2.24, 2.45) is 0 Å². The highest BCUT2D eigenvalue weighted by atomic mass is 32.2. The number of nitrogens with zero attached hydrogens (tertiary/aromatic N) is 2. The molecule has 4 rings (SSSR count). The summed E-state index contributed by atoms with van der Waals surface area (Å²) < 4.78 is 2.58. The van der Waals surface area contributed by atoms with E-state index in [4.69, 9.17) is 0 Å². The topological polar surface area (TPSA) is 28.2 Å². The van der Waals surface area contributed by atoms with Crippen LogP contribution in [0.3, 0.4) is 0 Å². The Labute approximate surface area is 123 Å². The average Bonchev–Trinajstić information content (AvgIpc) is 3.04. The number of aromatic nitrogens is 1. The Morgan fingerprint density at radius 3 is 3.20 bits per heavy atom. The smallest absolute Gasteiger partial charge is 0.0371 e. The molecule has 2 saturated heterocycles. The van der Waals surface area contributed by atoms with Crippen molar-refractivity contribution in [1.82, 2.24) is 14.6 Å². The number of hydrogen-bond acceptors (Lipinski definition) is 4. The van der Waals surface area contributed by atoms with Crippen LogP contribution < -0.4 is 5.32 Å². The molecule has 0 bridgehead atoms. The Bertz CT molecular complexity index is 637. The highest BCUT2D eigenvalue weighted by Gasteiger charge is 2.37. The maximum Gasteiger partial charge on any atom is 0.0371 e. The van der Waals surface area contributed by atoms with Gasteiger partial charge in [-0.3, -0.25) is 4.98 Å². The third-order valence-electron chi connectivity index (χ3n) is 4.49. The number of nitrogens with one attached hydrogen (secondary N) is 1. The van der Waals surface area contributed by atoms with Gasteiger partial charge in [0.15, 0.2) is 0 Å². The summed E-state index contributed by atoms with van der Waals surface area (Å²) in [6.07, 6.45) is 6.50. The van der Waals surface area contributed by atoms with Gasteiger partial charge in [-0.25, -0.2) is 4.31 Å². The summed E-state index contributed by atoms with van der Waals surface area (Å²) in [5.41, 5.74) is 1.27. The van der Waals surface area contributed by atoms with Crippen molar-refractivity contribution in [1.29, 1.82) is 0 Å². The molecule has 20 heavy (non-hydrogen) atoms. The number of fused-ring (bicyclic) bond motifs is 2. The average molecular weight is 285 g/mol. The number of benzene rings is 1. The highest BCUT2D eigenvalue weighted by molar-refractivity contribution is 7.97. The molecule has 2 atom stereocenters. The molecule has 104 valence electrons. The zero-order valence-corrected chi connectivity index (χ0v) is 12.5. The van der Waals surface area contributed by atoms with E-state index in [-0.39, 0.29) is 0 Å². The minimum atomic E-state index is 0.706. The van der Waals surface area contributed by atoms with Crippen LogP contribution in [0.15, 0.2) is 35.5 Å². The van der Waals surface area contributed by atoms with Crippen LogP contribution in [-0.2, 0) is 0 Å². The van der Waals surface area contributed by atoms with Crippen LogP contribution >= 0.6 is 11.9 Å². The molecule has 0 spiro atoms. The normalized spacial score (nSPS) is 26.2. The number of hydrogen-bond donors (Lipinski definition) is 1. The van der Waals surface area contributed by atoms with Gasteiger partial charge in [0, 0.05) is 46.7 Å². The fourth-order valence-corrected chi connectivity index (χ4v) is 4.86. The van der Waals surface area contributed by atoms with Gasteiger partial charge in [0.25, 0.3) is 0 Å². The van der Waals surface area contributed by atoms with Crippen molar-refractivity contribution in [3.63, 3.8) is 0 Å². The minimum Gasteiger partial charge on any atom is -0.312 e. The fraction of sp³-hybridized carbons (Fsp3) is 0.438. The van der Waals surface area contributed by atoms with Crippen LogP contribution in [0.1, 0.15) is 18.4 Å². The van der Waals surface area contributed by atoms with Gasteiger partial charge in [-0.15, -0.1) is 0 Å². The first-order chi connectivity index (χ1) is 9.83. The third-order valence-corrected chi connectivity index (χ3v) is 5.72. The summed E-state index contributed by atoms with van der Waals surface area (Å²) >= 11 is 1.94. The lowest BCUT2D eigenvalue weighted by atomic mass is 10.1. The Morgan fingerprint density at radius 2 is 2.25 bits per heavy atom. The van der Waals surface area contributed by atoms with Crippen LogP contribution in [0.5, 0.6) is 0 Å². The second-order valence-electron chi connectivity index (χ2n) is 5.75. The van der Waals surface area contributed by atoms with Crippen molar-refractivity contribution in [3.05, 3.63) is 36.2 Å². The molecule has 2 unspecified atom stereocenters. The monoisotopic (exact) mass is 285 g/mol. The Hall–Kier alpha value is -1.10. The molecular weight excluding hydrogens is 266 g/mol. The van der Waals surface area contributed by atoms with E-state index in [1.54, 1.807) is 0 Å². The largest absolute Gasteiger partial charge is 0.312 e. The molecule has 0 aliphatic carbocycles. The minimum absolute atomic E-state index is 0.706. The molecular formula is C16H19N3S. The van der Waals surface area contributed by atoms with Crippen molar-refractivity contribution in [2.75, 3.05) is 13.1 Å². The maximum atomic E-state index is 4.31. The van der Waals surface area contributed by atoms with Crippen molar-refractivity contribution in [2.45, 2.75) is 36.7 Å². The van der Waals surface area contributed by atoms with Crippen LogP contribution in [-0.4, -0.2) is 34.5 Å². The van der Waals surface area contributed by atoms with Gasteiger partial charge in [0.2, 0.25) is 0 Å². The highest BCUT2D eigenvalue weighted by Crippen LogP contribution is 2.38. The summed E-state index contributed by atoms with van der Waals surface area (Å²) in [5.74, 6) is 0. The molecule has 1 aromatic heterocycles. The van der Waals surface area contributed by atoms with Crippen LogP contribution in [0.4, 0.5) is 0 Å². The first-order valence-corrected chi connectivity index (χ1v) is 8.11. The van der Waals surface area contributed by atoms with Gasteiger partial charge >= 0.3 is 0 Å². The van der Waals surface area contributed by atoms with E-state index in [1.165, 1.54) is 47.2 Å². The number of pyridine rings is 1. The second kappa shape index (κ2) is 5.02. The zero-order valence-electron chi connectivity index (χ0n) is 11.7. The molecule has 2 aliphatic heterocycles. The summed E-state index contributed by atoms with van der Waals surface area (Å²) in [7, 11) is 0. The van der Waals surface area contributed by atoms with E-state index in [2.05, 4.69) is 39.7 Å².